The van der Waals surface area contributed by atoms with E-state index in [1.807, 2.05) is 0 Å². The molecule has 0 aromatic carbocycles. The van der Waals surface area contributed by atoms with Gasteiger partial charge in [0.2, 0.25) is 5.91 Å². The molecule has 0 aliphatic heterocycles. The van der Waals surface area contributed by atoms with E-state index in [0.29, 0.717) is 6.42 Å². The molecule has 0 aliphatic rings. The van der Waals surface area contributed by atoms with Crippen LogP contribution in [-0.2, 0) is 14.4 Å². The number of carbonyl (C=O) groups excluding carboxylic acids is 1. The molecule has 92 valence electrons. The van der Waals surface area contributed by atoms with Crippen molar-refractivity contribution in [2.75, 3.05) is 0 Å². The van der Waals surface area contributed by atoms with Crippen LogP contribution in [0.1, 0.15) is 39.5 Å². The first-order valence-electron chi connectivity index (χ1n) is 4.97. The van der Waals surface area contributed by atoms with E-state index in [0.717, 1.165) is 0 Å². The van der Waals surface area contributed by atoms with E-state index in [-0.39, 0.29) is 25.2 Å². The van der Waals surface area contributed by atoms with Gasteiger partial charge in [0.25, 0.3) is 0 Å². The molecule has 0 fully saturated rings. The highest BCUT2D eigenvalue weighted by Gasteiger charge is 2.21. The molecule has 0 aromatic rings. The Morgan fingerprint density at radius 3 is 1.94 bits per heavy atom. The zero-order chi connectivity index (χ0) is 12.8. The summed E-state index contributed by atoms with van der Waals surface area (Å²) in [6, 6.07) is 0. The fourth-order valence-corrected chi connectivity index (χ4v) is 1.14. The van der Waals surface area contributed by atoms with Gasteiger partial charge in [-0.15, -0.1) is 0 Å². The van der Waals surface area contributed by atoms with E-state index < -0.39 is 17.5 Å². The molecule has 0 aromatic heterocycles. The summed E-state index contributed by atoms with van der Waals surface area (Å²) in [7, 11) is 0. The SMILES string of the molecule is CC(C)(CCC(=O)O)NC(=O)CCC(=O)O. The molecule has 1 amide bonds. The molecule has 0 spiro atoms. The second-order valence-corrected chi connectivity index (χ2v) is 4.22. The van der Waals surface area contributed by atoms with Gasteiger partial charge in [0.1, 0.15) is 0 Å². The number of nitrogens with one attached hydrogen (secondary N) is 1. The van der Waals surface area contributed by atoms with Gasteiger partial charge in [-0.1, -0.05) is 0 Å². The molecule has 6 nitrogen and oxygen atoms in total. The number of rotatable bonds is 7. The van der Waals surface area contributed by atoms with Gasteiger partial charge >= 0.3 is 11.9 Å². The minimum atomic E-state index is -1.03. The third-order valence-corrected chi connectivity index (χ3v) is 2.01. The summed E-state index contributed by atoms with van der Waals surface area (Å²) >= 11 is 0. The molecule has 0 aliphatic carbocycles. The van der Waals surface area contributed by atoms with Gasteiger partial charge in [0, 0.05) is 18.4 Å². The van der Waals surface area contributed by atoms with Crippen LogP contribution in [-0.4, -0.2) is 33.6 Å². The second kappa shape index (κ2) is 6.09. The minimum Gasteiger partial charge on any atom is -0.481 e. The fourth-order valence-electron chi connectivity index (χ4n) is 1.14. The van der Waals surface area contributed by atoms with Gasteiger partial charge in [-0.25, -0.2) is 0 Å². The van der Waals surface area contributed by atoms with Crippen molar-refractivity contribution in [3.05, 3.63) is 0 Å². The number of carboxylic acids is 2. The second-order valence-electron chi connectivity index (χ2n) is 4.22. The molecule has 0 bridgehead atoms. The maximum Gasteiger partial charge on any atom is 0.303 e. The molecule has 6 heteroatoms. The van der Waals surface area contributed by atoms with Crippen molar-refractivity contribution in [3.8, 4) is 0 Å². The first-order valence-corrected chi connectivity index (χ1v) is 4.97. The van der Waals surface area contributed by atoms with E-state index in [9.17, 15) is 14.4 Å². The Hall–Kier alpha value is -1.59. The molecule has 0 atom stereocenters. The Morgan fingerprint density at radius 2 is 1.50 bits per heavy atom. The highest BCUT2D eigenvalue weighted by Crippen LogP contribution is 2.11. The lowest BCUT2D eigenvalue weighted by Gasteiger charge is -2.25. The molecular weight excluding hydrogens is 214 g/mol. The van der Waals surface area contributed by atoms with Crippen molar-refractivity contribution in [1.82, 2.24) is 5.32 Å². The molecule has 3 N–H and O–H groups in total. The average molecular weight is 231 g/mol. The van der Waals surface area contributed by atoms with Crippen molar-refractivity contribution >= 4 is 17.8 Å². The van der Waals surface area contributed by atoms with Crippen molar-refractivity contribution in [2.45, 2.75) is 45.1 Å². The predicted molar refractivity (Wildman–Crippen MR) is 56.0 cm³/mol. The van der Waals surface area contributed by atoms with Gasteiger partial charge < -0.3 is 15.5 Å². The topological polar surface area (TPSA) is 104 Å². The molecule has 0 heterocycles. The van der Waals surface area contributed by atoms with Crippen LogP contribution in [0.5, 0.6) is 0 Å². The van der Waals surface area contributed by atoms with E-state index in [1.54, 1.807) is 13.8 Å². The van der Waals surface area contributed by atoms with Gasteiger partial charge in [-0.05, 0) is 20.3 Å². The predicted octanol–water partition coefficient (Wildman–Crippen LogP) is 0.611. The van der Waals surface area contributed by atoms with Crippen LogP contribution >= 0.6 is 0 Å². The number of aliphatic carboxylic acids is 2. The molecule has 0 saturated carbocycles. The van der Waals surface area contributed by atoms with Gasteiger partial charge in [0.05, 0.1) is 6.42 Å². The molecule has 0 saturated heterocycles. The minimum absolute atomic E-state index is 0.0355. The summed E-state index contributed by atoms with van der Waals surface area (Å²) in [6.45, 7) is 3.41. The summed E-state index contributed by atoms with van der Waals surface area (Å²) in [5.41, 5.74) is -0.631. The van der Waals surface area contributed by atoms with Crippen LogP contribution in [0, 0.1) is 0 Å². The quantitative estimate of drug-likeness (QED) is 0.595. The molecule has 0 radical (unpaired) electrons. The summed E-state index contributed by atoms with van der Waals surface area (Å²) in [5.74, 6) is -2.33. The van der Waals surface area contributed by atoms with Crippen LogP contribution in [0.2, 0.25) is 0 Å². The Kier molecular flexibility index (Phi) is 5.49. The third-order valence-electron chi connectivity index (χ3n) is 2.01. The van der Waals surface area contributed by atoms with Crippen LogP contribution in [0.3, 0.4) is 0 Å². The van der Waals surface area contributed by atoms with Gasteiger partial charge in [0.15, 0.2) is 0 Å². The average Bonchev–Trinajstić information content (AvgIpc) is 2.11. The summed E-state index contributed by atoms with van der Waals surface area (Å²) in [6.07, 6.45) is -0.0416. The highest BCUT2D eigenvalue weighted by molar-refractivity contribution is 5.81. The highest BCUT2D eigenvalue weighted by atomic mass is 16.4. The normalized spacial score (nSPS) is 10.9. The maximum atomic E-state index is 11.3. The smallest absolute Gasteiger partial charge is 0.303 e. The number of carbonyl (C=O) groups is 3. The van der Waals surface area contributed by atoms with Crippen LogP contribution in [0.25, 0.3) is 0 Å². The Bertz CT molecular complexity index is 285. The van der Waals surface area contributed by atoms with E-state index in [2.05, 4.69) is 5.32 Å². The van der Waals surface area contributed by atoms with Crippen LogP contribution in [0.15, 0.2) is 0 Å². The monoisotopic (exact) mass is 231 g/mol. The summed E-state index contributed by atoms with van der Waals surface area (Å²) in [4.78, 5) is 31.9. The lowest BCUT2D eigenvalue weighted by molar-refractivity contribution is -0.139. The standard InChI is InChI=1S/C10H17NO5/c1-10(2,6-5-9(15)16)11-7(12)3-4-8(13)14/h3-6H2,1-2H3,(H,11,12)(H,13,14)(H,15,16). The largest absolute Gasteiger partial charge is 0.481 e. The molecular formula is C10H17NO5. The Balaban J connectivity index is 3.99. The van der Waals surface area contributed by atoms with E-state index in [4.69, 9.17) is 10.2 Å². The van der Waals surface area contributed by atoms with Gasteiger partial charge in [-0.3, -0.25) is 14.4 Å². The number of carboxylic acid groups (broad SMARTS) is 2. The molecule has 0 unspecified atom stereocenters. The molecule has 16 heavy (non-hydrogen) atoms. The van der Waals surface area contributed by atoms with Crippen LogP contribution < -0.4 is 5.32 Å². The summed E-state index contributed by atoms with van der Waals surface area (Å²) < 4.78 is 0. The fraction of sp³-hybridized carbons (Fsp3) is 0.700. The first-order chi connectivity index (χ1) is 7.23. The Labute approximate surface area is 93.6 Å². The van der Waals surface area contributed by atoms with Crippen molar-refractivity contribution in [1.29, 1.82) is 0 Å². The van der Waals surface area contributed by atoms with Gasteiger partial charge in [-0.2, -0.15) is 0 Å². The molecule has 0 rings (SSSR count). The van der Waals surface area contributed by atoms with Crippen LogP contribution in [0.4, 0.5) is 0 Å². The summed E-state index contributed by atoms with van der Waals surface area (Å²) in [5, 5.41) is 19.5. The Morgan fingerprint density at radius 1 is 1.00 bits per heavy atom. The van der Waals surface area contributed by atoms with Crippen molar-refractivity contribution < 1.29 is 24.6 Å². The number of amides is 1. The lowest BCUT2D eigenvalue weighted by Crippen LogP contribution is -2.43. The first kappa shape index (κ1) is 14.4. The number of hydrogen-bond acceptors (Lipinski definition) is 3. The number of hydrogen-bond donors (Lipinski definition) is 3. The van der Waals surface area contributed by atoms with Crippen molar-refractivity contribution in [3.63, 3.8) is 0 Å². The zero-order valence-corrected chi connectivity index (χ0v) is 9.45. The lowest BCUT2D eigenvalue weighted by atomic mass is 9.98. The van der Waals surface area contributed by atoms with E-state index >= 15 is 0 Å². The maximum absolute atomic E-state index is 11.3. The third kappa shape index (κ3) is 7.78. The zero-order valence-electron chi connectivity index (χ0n) is 9.45. The van der Waals surface area contributed by atoms with E-state index in [1.165, 1.54) is 0 Å². The van der Waals surface area contributed by atoms with Crippen molar-refractivity contribution in [2.24, 2.45) is 0 Å².